The van der Waals surface area contributed by atoms with E-state index in [1.54, 1.807) is 4.90 Å². The monoisotopic (exact) mass is 511 g/mol. The number of benzene rings is 2. The fourth-order valence-corrected chi connectivity index (χ4v) is 6.09. The van der Waals surface area contributed by atoms with Gasteiger partial charge in [0.25, 0.3) is 0 Å². The molecule has 2 atom stereocenters. The van der Waals surface area contributed by atoms with Crippen LogP contribution in [-0.2, 0) is 0 Å². The molecule has 3 N–H and O–H groups in total. The molecule has 196 valence electrons. The molecular weight excluding hydrogens is 470 g/mol. The van der Waals surface area contributed by atoms with Gasteiger partial charge in [-0.05, 0) is 70.0 Å². The van der Waals surface area contributed by atoms with Crippen LogP contribution in [0.25, 0.3) is 0 Å². The highest BCUT2D eigenvalue weighted by atomic mass is 35.5. The average molecular weight is 512 g/mol. The molecule has 2 aromatic rings. The Morgan fingerprint density at radius 1 is 1.00 bits per heavy atom. The molecule has 2 heterocycles. The molecule has 0 bridgehead atoms. The molecule has 3 aliphatic rings. The van der Waals surface area contributed by atoms with E-state index in [-0.39, 0.29) is 17.1 Å². The minimum atomic E-state index is -0.323. The maximum absolute atomic E-state index is 10.9. The first kappa shape index (κ1) is 26.9. The van der Waals surface area contributed by atoms with Crippen LogP contribution < -0.4 is 11.1 Å². The molecule has 0 radical (unpaired) electrons. The number of likely N-dealkylation sites (N-methyl/N-ethyl adjacent to an activating group) is 1. The number of fused-ring (bicyclic) bond motifs is 1. The number of nitrogens with zero attached hydrogens (tertiary/aromatic N) is 3. The van der Waals surface area contributed by atoms with Crippen LogP contribution in [0, 0.1) is 0 Å². The number of urea groups is 1. The Labute approximate surface area is 221 Å². The van der Waals surface area contributed by atoms with E-state index < -0.39 is 0 Å². The van der Waals surface area contributed by atoms with Gasteiger partial charge in [-0.25, -0.2) is 4.79 Å². The number of hydrogen-bond acceptors (Lipinski definition) is 4. The fourth-order valence-electron chi connectivity index (χ4n) is 5.91. The summed E-state index contributed by atoms with van der Waals surface area (Å²) >= 11 is 6.37. The molecule has 36 heavy (non-hydrogen) atoms. The molecule has 2 aromatic carbocycles. The van der Waals surface area contributed by atoms with Gasteiger partial charge in [-0.3, -0.25) is 9.80 Å². The topological polar surface area (TPSA) is 64.8 Å². The standard InChI is InChI=1S/C22H27ClN2.C7H15N3O/c1-22(2)15-25(12-11-24(22)3)21-14-19(16-7-5-4-6-8-16)18-10-9-17(23)13-20(18)21;1-7(2)5-9-3-4-10(7)6(8)11/h4-10,13,19,21H,11-12,14-15H2,1-3H3;9H,3-5H2,1-2H3,(H2,8,11)/t19-,21+;/m0./s1. The Balaban J connectivity index is 0.000000233. The van der Waals surface area contributed by atoms with Crippen LogP contribution in [0.15, 0.2) is 48.5 Å². The number of amides is 2. The number of nitrogens with one attached hydrogen (secondary N) is 1. The zero-order valence-electron chi connectivity index (χ0n) is 22.4. The van der Waals surface area contributed by atoms with Crippen molar-refractivity contribution in [2.75, 3.05) is 46.3 Å². The van der Waals surface area contributed by atoms with E-state index in [4.69, 9.17) is 17.3 Å². The van der Waals surface area contributed by atoms with E-state index in [0.717, 1.165) is 44.2 Å². The van der Waals surface area contributed by atoms with Crippen LogP contribution >= 0.6 is 11.6 Å². The lowest BCUT2D eigenvalue weighted by Crippen LogP contribution is -2.61. The van der Waals surface area contributed by atoms with E-state index in [0.29, 0.717) is 18.5 Å². The quantitative estimate of drug-likeness (QED) is 0.614. The summed E-state index contributed by atoms with van der Waals surface area (Å²) in [5.74, 6) is 0.473. The minimum Gasteiger partial charge on any atom is -0.351 e. The highest BCUT2D eigenvalue weighted by Gasteiger charge is 2.40. The smallest absolute Gasteiger partial charge is 0.315 e. The van der Waals surface area contributed by atoms with Gasteiger partial charge in [-0.1, -0.05) is 48.0 Å². The van der Waals surface area contributed by atoms with E-state index in [1.807, 2.05) is 19.9 Å². The molecule has 6 nitrogen and oxygen atoms in total. The Bertz CT molecular complexity index is 1060. The van der Waals surface area contributed by atoms with Crippen LogP contribution in [0.5, 0.6) is 0 Å². The molecule has 7 heteroatoms. The molecule has 0 saturated carbocycles. The normalized spacial score (nSPS) is 25.6. The van der Waals surface area contributed by atoms with Crippen LogP contribution in [0.4, 0.5) is 4.79 Å². The molecule has 1 aliphatic carbocycles. The van der Waals surface area contributed by atoms with Gasteiger partial charge in [0.05, 0.1) is 5.54 Å². The first-order chi connectivity index (χ1) is 17.0. The van der Waals surface area contributed by atoms with Gasteiger partial charge in [-0.2, -0.15) is 0 Å². The second-order valence-electron chi connectivity index (χ2n) is 11.7. The summed E-state index contributed by atoms with van der Waals surface area (Å²) in [6.07, 6.45) is 1.15. The van der Waals surface area contributed by atoms with Crippen molar-refractivity contribution >= 4 is 17.6 Å². The van der Waals surface area contributed by atoms with Crippen molar-refractivity contribution in [3.05, 3.63) is 70.2 Å². The van der Waals surface area contributed by atoms with Crippen molar-refractivity contribution in [1.29, 1.82) is 0 Å². The Morgan fingerprint density at radius 3 is 2.33 bits per heavy atom. The maximum Gasteiger partial charge on any atom is 0.315 e. The van der Waals surface area contributed by atoms with Crippen LogP contribution in [-0.4, -0.2) is 78.1 Å². The molecule has 2 aliphatic heterocycles. The van der Waals surface area contributed by atoms with Gasteiger partial charge in [0.2, 0.25) is 0 Å². The van der Waals surface area contributed by atoms with E-state index >= 15 is 0 Å². The third-order valence-electron chi connectivity index (χ3n) is 8.30. The SMILES string of the molecule is CC1(C)CNCCN1C(N)=O.CN1CCN([C@@H]2C[C@@H](c3ccccc3)c3ccc(Cl)cc32)CC1(C)C. The highest BCUT2D eigenvalue weighted by molar-refractivity contribution is 6.30. The van der Waals surface area contributed by atoms with Crippen LogP contribution in [0.1, 0.15) is 62.8 Å². The zero-order chi connectivity index (χ0) is 26.1. The third-order valence-corrected chi connectivity index (χ3v) is 8.53. The van der Waals surface area contributed by atoms with Gasteiger partial charge < -0.3 is 16.0 Å². The fraction of sp³-hybridized carbons (Fsp3) is 0.552. The number of halogens is 1. The number of nitrogens with two attached hydrogens (primary N) is 1. The first-order valence-corrected chi connectivity index (χ1v) is 13.4. The van der Waals surface area contributed by atoms with Crippen molar-refractivity contribution in [2.45, 2.75) is 57.2 Å². The third kappa shape index (κ3) is 5.72. The Kier molecular flexibility index (Phi) is 8.01. The molecule has 0 aromatic heterocycles. The number of carbonyl (C=O) groups excluding carboxylic acids is 1. The summed E-state index contributed by atoms with van der Waals surface area (Å²) in [6, 6.07) is 17.6. The molecule has 2 amide bonds. The number of piperazine rings is 2. The maximum atomic E-state index is 10.9. The largest absolute Gasteiger partial charge is 0.351 e. The lowest BCUT2D eigenvalue weighted by Gasteiger charge is -2.47. The van der Waals surface area contributed by atoms with Crippen molar-refractivity contribution in [1.82, 2.24) is 20.0 Å². The average Bonchev–Trinajstić information content (AvgIpc) is 3.20. The van der Waals surface area contributed by atoms with E-state index in [1.165, 1.54) is 16.7 Å². The Hall–Kier alpha value is -2.12. The summed E-state index contributed by atoms with van der Waals surface area (Å²) in [6.45, 7) is 14.4. The van der Waals surface area contributed by atoms with Crippen molar-refractivity contribution in [2.24, 2.45) is 5.73 Å². The second kappa shape index (κ2) is 10.7. The molecule has 0 unspecified atom stereocenters. The number of rotatable bonds is 2. The van der Waals surface area contributed by atoms with E-state index in [9.17, 15) is 4.79 Å². The summed E-state index contributed by atoms with van der Waals surface area (Å²) in [4.78, 5) is 17.7. The van der Waals surface area contributed by atoms with Gasteiger partial charge in [0, 0.05) is 61.8 Å². The predicted octanol–water partition coefficient (Wildman–Crippen LogP) is 4.69. The number of primary amides is 1. The van der Waals surface area contributed by atoms with Gasteiger partial charge in [-0.15, -0.1) is 0 Å². The molecule has 2 saturated heterocycles. The van der Waals surface area contributed by atoms with Crippen molar-refractivity contribution in [3.63, 3.8) is 0 Å². The lowest BCUT2D eigenvalue weighted by molar-refractivity contribution is 0.0158. The lowest BCUT2D eigenvalue weighted by atomic mass is 9.93. The molecule has 2 fully saturated rings. The second-order valence-corrected chi connectivity index (χ2v) is 12.1. The number of hydrogen-bond donors (Lipinski definition) is 2. The summed E-state index contributed by atoms with van der Waals surface area (Å²) in [7, 11) is 2.24. The molecular formula is C29H42ClN5O. The van der Waals surface area contributed by atoms with Crippen LogP contribution in [0.2, 0.25) is 5.02 Å². The predicted molar refractivity (Wildman–Crippen MR) is 149 cm³/mol. The van der Waals surface area contributed by atoms with E-state index in [2.05, 4.69) is 78.5 Å². The summed E-state index contributed by atoms with van der Waals surface area (Å²) < 4.78 is 0. The zero-order valence-corrected chi connectivity index (χ0v) is 23.2. The number of carbonyl (C=O) groups is 1. The highest BCUT2D eigenvalue weighted by Crippen LogP contribution is 2.48. The van der Waals surface area contributed by atoms with Crippen molar-refractivity contribution in [3.8, 4) is 0 Å². The van der Waals surface area contributed by atoms with Gasteiger partial charge >= 0.3 is 6.03 Å². The summed E-state index contributed by atoms with van der Waals surface area (Å²) in [5, 5.41) is 4.06. The summed E-state index contributed by atoms with van der Waals surface area (Å²) in [5.41, 5.74) is 9.58. The van der Waals surface area contributed by atoms with Gasteiger partial charge in [0.15, 0.2) is 0 Å². The Morgan fingerprint density at radius 2 is 1.72 bits per heavy atom. The first-order valence-electron chi connectivity index (χ1n) is 13.1. The van der Waals surface area contributed by atoms with Gasteiger partial charge in [0.1, 0.15) is 0 Å². The minimum absolute atomic E-state index is 0.135. The molecule has 0 spiro atoms. The molecule has 5 rings (SSSR count). The van der Waals surface area contributed by atoms with Crippen LogP contribution in [0.3, 0.4) is 0 Å². The van der Waals surface area contributed by atoms with Crippen molar-refractivity contribution < 1.29 is 4.79 Å².